The first-order chi connectivity index (χ1) is 11.3. The predicted molar refractivity (Wildman–Crippen MR) is 87.4 cm³/mol. The number of anilines is 1. The summed E-state index contributed by atoms with van der Waals surface area (Å²) in [4.78, 5) is 18.9. The van der Waals surface area contributed by atoms with Gasteiger partial charge in [0.2, 0.25) is 5.91 Å². The van der Waals surface area contributed by atoms with Crippen molar-refractivity contribution in [1.82, 2.24) is 14.5 Å². The van der Waals surface area contributed by atoms with Crippen molar-refractivity contribution in [2.75, 3.05) is 18.4 Å². The van der Waals surface area contributed by atoms with Crippen molar-refractivity contribution in [2.24, 2.45) is 5.92 Å². The highest BCUT2D eigenvalue weighted by atomic mass is 16.2. The number of nitrogens with zero attached hydrogens (tertiary/aromatic N) is 3. The monoisotopic (exact) mass is 308 g/mol. The Hall–Kier alpha value is -2.30. The molecule has 2 aromatic heterocycles. The average Bonchev–Trinajstić information content (AvgIpc) is 3.31. The fraction of sp³-hybridized carbons (Fsp3) is 0.444. The molecule has 23 heavy (non-hydrogen) atoms. The zero-order chi connectivity index (χ0) is 15.4. The molecule has 0 unspecified atom stereocenters. The van der Waals surface area contributed by atoms with E-state index in [-0.39, 0.29) is 5.54 Å². The summed E-state index contributed by atoms with van der Waals surface area (Å²) in [5.74, 6) is 1.65. The van der Waals surface area contributed by atoms with Crippen molar-refractivity contribution in [3.05, 3.63) is 42.4 Å². The number of nitrogens with one attached hydrogen (secondary N) is 1. The zero-order valence-electron chi connectivity index (χ0n) is 13.0. The van der Waals surface area contributed by atoms with Crippen LogP contribution in [-0.4, -0.2) is 33.4 Å². The van der Waals surface area contributed by atoms with E-state index in [0.29, 0.717) is 11.8 Å². The fourth-order valence-electron chi connectivity index (χ4n) is 4.04. The lowest BCUT2D eigenvalue weighted by Crippen LogP contribution is -2.51. The molecule has 1 amide bonds. The topological polar surface area (TPSA) is 50.2 Å². The summed E-state index contributed by atoms with van der Waals surface area (Å²) in [5.41, 5.74) is 2.26. The summed E-state index contributed by atoms with van der Waals surface area (Å²) < 4.78 is 2.20. The first-order valence-corrected chi connectivity index (χ1v) is 8.47. The minimum atomic E-state index is -0.0835. The van der Waals surface area contributed by atoms with Gasteiger partial charge in [-0.05, 0) is 49.9 Å². The van der Waals surface area contributed by atoms with Gasteiger partial charge in [0.25, 0.3) is 0 Å². The Balaban J connectivity index is 1.47. The van der Waals surface area contributed by atoms with E-state index in [1.165, 1.54) is 5.69 Å². The van der Waals surface area contributed by atoms with Crippen molar-refractivity contribution in [2.45, 2.75) is 31.2 Å². The van der Waals surface area contributed by atoms with Gasteiger partial charge in [0, 0.05) is 37.1 Å². The summed E-state index contributed by atoms with van der Waals surface area (Å²) in [5, 5.41) is 3.74. The van der Waals surface area contributed by atoms with Crippen LogP contribution < -0.4 is 5.32 Å². The van der Waals surface area contributed by atoms with Crippen molar-refractivity contribution in [3.8, 4) is 5.82 Å². The number of aromatic nitrogens is 2. The number of carbonyl (C=O) groups excluding carboxylic acids is 1. The van der Waals surface area contributed by atoms with Gasteiger partial charge in [-0.3, -0.25) is 4.79 Å². The molecular formula is C18H20N4O. The van der Waals surface area contributed by atoms with Crippen LogP contribution in [0.4, 0.5) is 5.69 Å². The molecule has 1 aliphatic carbocycles. The number of hydrogen-bond acceptors (Lipinski definition) is 3. The van der Waals surface area contributed by atoms with Crippen LogP contribution >= 0.6 is 0 Å². The Kier molecular flexibility index (Phi) is 2.63. The highest BCUT2D eigenvalue weighted by Gasteiger charge is 2.44. The van der Waals surface area contributed by atoms with E-state index < -0.39 is 0 Å². The van der Waals surface area contributed by atoms with Crippen LogP contribution in [0.15, 0.2) is 36.7 Å². The summed E-state index contributed by atoms with van der Waals surface area (Å²) in [6, 6.07) is 8.34. The Morgan fingerprint density at radius 2 is 2.04 bits per heavy atom. The molecule has 5 rings (SSSR count). The van der Waals surface area contributed by atoms with E-state index in [2.05, 4.69) is 44.2 Å². The van der Waals surface area contributed by atoms with Gasteiger partial charge in [0.15, 0.2) is 5.82 Å². The van der Waals surface area contributed by atoms with Crippen molar-refractivity contribution in [3.63, 3.8) is 0 Å². The van der Waals surface area contributed by atoms with Gasteiger partial charge < -0.3 is 14.8 Å². The van der Waals surface area contributed by atoms with E-state index >= 15 is 0 Å². The molecule has 5 heteroatoms. The third kappa shape index (κ3) is 1.92. The van der Waals surface area contributed by atoms with Gasteiger partial charge in [-0.1, -0.05) is 0 Å². The van der Waals surface area contributed by atoms with E-state index in [4.69, 9.17) is 0 Å². The lowest BCUT2D eigenvalue weighted by atomic mass is 9.82. The van der Waals surface area contributed by atoms with Crippen LogP contribution in [0.3, 0.4) is 0 Å². The van der Waals surface area contributed by atoms with E-state index in [1.807, 2.05) is 12.3 Å². The molecule has 3 aliphatic rings. The number of likely N-dealkylation sites (tertiary alicyclic amines) is 1. The average molecular weight is 308 g/mol. The van der Waals surface area contributed by atoms with E-state index in [1.54, 1.807) is 0 Å². The quantitative estimate of drug-likeness (QED) is 0.881. The number of rotatable bonds is 1. The Labute approximate surface area is 135 Å². The van der Waals surface area contributed by atoms with Crippen LogP contribution in [0.1, 0.15) is 31.4 Å². The third-order valence-corrected chi connectivity index (χ3v) is 5.48. The highest BCUT2D eigenvalue weighted by Crippen LogP contribution is 2.43. The molecular weight excluding hydrogens is 288 g/mol. The molecule has 2 aliphatic heterocycles. The molecule has 2 aromatic rings. The number of pyridine rings is 1. The number of amides is 1. The van der Waals surface area contributed by atoms with Gasteiger partial charge in [0.05, 0.1) is 11.2 Å². The van der Waals surface area contributed by atoms with Crippen LogP contribution in [-0.2, 0) is 10.3 Å². The lowest BCUT2D eigenvalue weighted by Gasteiger charge is -2.46. The van der Waals surface area contributed by atoms with Crippen LogP contribution in [0.5, 0.6) is 0 Å². The van der Waals surface area contributed by atoms with Gasteiger partial charge in [0.1, 0.15) is 0 Å². The minimum Gasteiger partial charge on any atom is -0.371 e. The maximum atomic E-state index is 12.3. The van der Waals surface area contributed by atoms with Crippen molar-refractivity contribution in [1.29, 1.82) is 0 Å². The van der Waals surface area contributed by atoms with Crippen LogP contribution in [0.2, 0.25) is 0 Å². The van der Waals surface area contributed by atoms with E-state index in [0.717, 1.165) is 50.3 Å². The van der Waals surface area contributed by atoms with Crippen molar-refractivity contribution < 1.29 is 4.79 Å². The maximum Gasteiger partial charge on any atom is 0.225 e. The molecule has 1 saturated carbocycles. The Morgan fingerprint density at radius 1 is 1.22 bits per heavy atom. The number of carbonyl (C=O) groups is 1. The first kappa shape index (κ1) is 13.2. The lowest BCUT2D eigenvalue weighted by molar-refractivity contribution is -0.134. The van der Waals surface area contributed by atoms with Gasteiger partial charge >= 0.3 is 0 Å². The van der Waals surface area contributed by atoms with Gasteiger partial charge in [-0.2, -0.15) is 0 Å². The molecule has 1 N–H and O–H groups in total. The van der Waals surface area contributed by atoms with Gasteiger partial charge in [-0.15, -0.1) is 0 Å². The molecule has 5 nitrogen and oxygen atoms in total. The van der Waals surface area contributed by atoms with Crippen LogP contribution in [0.25, 0.3) is 5.82 Å². The third-order valence-electron chi connectivity index (χ3n) is 5.48. The second kappa shape index (κ2) is 4.60. The largest absolute Gasteiger partial charge is 0.371 e. The minimum absolute atomic E-state index is 0.0835. The van der Waals surface area contributed by atoms with Gasteiger partial charge in [-0.25, -0.2) is 4.98 Å². The Morgan fingerprint density at radius 3 is 2.83 bits per heavy atom. The molecule has 0 aromatic carbocycles. The van der Waals surface area contributed by atoms with E-state index in [9.17, 15) is 4.79 Å². The smallest absolute Gasteiger partial charge is 0.225 e. The fourth-order valence-corrected chi connectivity index (χ4v) is 4.04. The summed E-state index contributed by atoms with van der Waals surface area (Å²) in [7, 11) is 0. The Bertz CT molecular complexity index is 769. The highest BCUT2D eigenvalue weighted by molar-refractivity contribution is 5.81. The molecule has 4 heterocycles. The second-order valence-corrected chi connectivity index (χ2v) is 6.94. The predicted octanol–water partition coefficient (Wildman–Crippen LogP) is 2.53. The second-order valence-electron chi connectivity index (χ2n) is 6.94. The van der Waals surface area contributed by atoms with Crippen molar-refractivity contribution >= 4 is 11.6 Å². The molecule has 118 valence electrons. The molecule has 2 fully saturated rings. The number of piperidine rings is 1. The summed E-state index contributed by atoms with van der Waals surface area (Å²) in [6.45, 7) is 1.67. The summed E-state index contributed by atoms with van der Waals surface area (Å²) >= 11 is 0. The molecule has 0 atom stereocenters. The zero-order valence-corrected chi connectivity index (χ0v) is 13.0. The molecule has 1 saturated heterocycles. The van der Waals surface area contributed by atoms with Crippen LogP contribution in [0, 0.1) is 5.92 Å². The standard InChI is InChI=1S/C18H20N4O/c23-17(13-5-6-13)21-11-7-18(8-12-21)15-4-2-10-22(15)16-14(20-18)3-1-9-19-16/h1-4,9-10,13,20H,5-8,11-12H2. The SMILES string of the molecule is O=C(C1CC1)N1CCC2(CC1)Nc1cccnc1-n1cccc12. The molecule has 0 radical (unpaired) electrons. The molecule has 1 spiro atoms. The maximum absolute atomic E-state index is 12.3. The first-order valence-electron chi connectivity index (χ1n) is 8.47. The summed E-state index contributed by atoms with van der Waals surface area (Å²) in [6.07, 6.45) is 7.99. The number of hydrogen-bond donors (Lipinski definition) is 1. The number of fused-ring (bicyclic) bond motifs is 4. The normalized spacial score (nSPS) is 21.5. The molecule has 0 bridgehead atoms.